The summed E-state index contributed by atoms with van der Waals surface area (Å²) in [6, 6.07) is 22.0. The Morgan fingerprint density at radius 2 is 1.62 bits per heavy atom. The van der Waals surface area contributed by atoms with E-state index >= 15 is 0 Å². The SMILES string of the molecule is COc1cc(C(CCN(CCC(=O)O)Cc2ccccc2)NC(C)=O)ccc1NC(=O)Nc1ccccc1C. The molecule has 3 aromatic carbocycles. The highest BCUT2D eigenvalue weighted by Gasteiger charge is 2.19. The molecule has 0 aromatic heterocycles. The number of nitrogens with one attached hydrogen (secondary N) is 3. The van der Waals surface area contributed by atoms with Gasteiger partial charge in [-0.1, -0.05) is 54.6 Å². The smallest absolute Gasteiger partial charge is 0.323 e. The summed E-state index contributed by atoms with van der Waals surface area (Å²) in [5, 5.41) is 17.9. The predicted molar refractivity (Wildman–Crippen MR) is 152 cm³/mol. The van der Waals surface area contributed by atoms with Crippen LogP contribution in [0.4, 0.5) is 16.2 Å². The van der Waals surface area contributed by atoms with Gasteiger partial charge >= 0.3 is 12.0 Å². The lowest BCUT2D eigenvalue weighted by atomic mass is 10.0. The molecule has 0 fully saturated rings. The number of hydrogen-bond acceptors (Lipinski definition) is 5. The molecule has 9 heteroatoms. The van der Waals surface area contributed by atoms with Crippen LogP contribution in [-0.4, -0.2) is 48.1 Å². The first-order chi connectivity index (χ1) is 18.7. The molecular formula is C30H36N4O5. The van der Waals surface area contributed by atoms with Gasteiger partial charge in [0, 0.05) is 32.2 Å². The van der Waals surface area contributed by atoms with Gasteiger partial charge in [-0.05, 0) is 48.2 Å². The molecule has 3 rings (SSSR count). The number of carbonyl (C=O) groups is 3. The number of rotatable bonds is 13. The third-order valence-electron chi connectivity index (χ3n) is 6.27. The zero-order valence-electron chi connectivity index (χ0n) is 22.6. The monoisotopic (exact) mass is 532 g/mol. The standard InChI is InChI=1S/C30H36N4O5/c1-21-9-7-8-12-25(21)32-30(38)33-27-14-13-24(19-28(27)39-3)26(31-22(2)35)15-17-34(18-16-29(36)37)20-23-10-5-4-6-11-23/h4-14,19,26H,15-18,20H2,1-3H3,(H,31,35)(H,36,37)(H2,32,33,38). The molecule has 0 bridgehead atoms. The first-order valence-corrected chi connectivity index (χ1v) is 12.8. The van der Waals surface area contributed by atoms with Crippen LogP contribution in [-0.2, 0) is 16.1 Å². The van der Waals surface area contributed by atoms with Crippen LogP contribution in [0.5, 0.6) is 5.75 Å². The third kappa shape index (κ3) is 9.46. The van der Waals surface area contributed by atoms with Crippen molar-refractivity contribution in [2.75, 3.05) is 30.8 Å². The number of urea groups is 1. The van der Waals surface area contributed by atoms with Crippen molar-refractivity contribution in [3.05, 3.63) is 89.5 Å². The fourth-order valence-electron chi connectivity index (χ4n) is 4.26. The molecule has 0 radical (unpaired) electrons. The number of nitrogens with zero attached hydrogens (tertiary/aromatic N) is 1. The summed E-state index contributed by atoms with van der Waals surface area (Å²) in [4.78, 5) is 38.0. The van der Waals surface area contributed by atoms with Gasteiger partial charge in [0.15, 0.2) is 0 Å². The number of anilines is 2. The van der Waals surface area contributed by atoms with Crippen LogP contribution < -0.4 is 20.7 Å². The zero-order valence-corrected chi connectivity index (χ0v) is 22.6. The molecule has 0 saturated carbocycles. The fraction of sp³-hybridized carbons (Fsp3) is 0.300. The number of aliphatic carboxylic acids is 1. The molecule has 3 amide bonds. The first-order valence-electron chi connectivity index (χ1n) is 12.8. The Kier molecular flexibility index (Phi) is 10.9. The van der Waals surface area contributed by atoms with E-state index in [0.29, 0.717) is 43.2 Å². The molecule has 0 spiro atoms. The second kappa shape index (κ2) is 14.5. The van der Waals surface area contributed by atoms with Crippen LogP contribution in [0.15, 0.2) is 72.8 Å². The summed E-state index contributed by atoms with van der Waals surface area (Å²) in [5.41, 5.74) is 4.03. The number of benzene rings is 3. The number of para-hydroxylation sites is 1. The Bertz CT molecular complexity index is 1270. The molecule has 0 aliphatic carbocycles. The maximum absolute atomic E-state index is 12.6. The van der Waals surface area contributed by atoms with Crippen molar-refractivity contribution in [3.63, 3.8) is 0 Å². The maximum atomic E-state index is 12.6. The van der Waals surface area contributed by atoms with Gasteiger partial charge < -0.3 is 25.8 Å². The molecule has 1 atom stereocenters. The number of carboxylic acids is 1. The largest absolute Gasteiger partial charge is 0.495 e. The average molecular weight is 533 g/mol. The Hall–Kier alpha value is -4.37. The highest BCUT2D eigenvalue weighted by molar-refractivity contribution is 6.01. The molecule has 9 nitrogen and oxygen atoms in total. The fourth-order valence-corrected chi connectivity index (χ4v) is 4.26. The number of carbonyl (C=O) groups excluding carboxylic acids is 2. The van der Waals surface area contributed by atoms with Crippen LogP contribution in [0, 0.1) is 6.92 Å². The summed E-state index contributed by atoms with van der Waals surface area (Å²) in [6.45, 7) is 4.93. The number of aryl methyl sites for hydroxylation is 1. The van der Waals surface area contributed by atoms with E-state index in [4.69, 9.17) is 4.74 Å². The summed E-state index contributed by atoms with van der Waals surface area (Å²) in [6.07, 6.45) is 0.576. The molecule has 0 aliphatic rings. The van der Waals surface area contributed by atoms with Gasteiger partial charge in [-0.15, -0.1) is 0 Å². The Morgan fingerprint density at radius 3 is 2.28 bits per heavy atom. The summed E-state index contributed by atoms with van der Waals surface area (Å²) in [7, 11) is 1.52. The van der Waals surface area contributed by atoms with E-state index in [-0.39, 0.29) is 18.4 Å². The van der Waals surface area contributed by atoms with Crippen LogP contribution in [0.1, 0.15) is 42.5 Å². The second-order valence-electron chi connectivity index (χ2n) is 9.30. The molecule has 4 N–H and O–H groups in total. The minimum atomic E-state index is -0.856. The van der Waals surface area contributed by atoms with Crippen molar-refractivity contribution in [3.8, 4) is 5.75 Å². The van der Waals surface area contributed by atoms with Crippen molar-refractivity contribution < 1.29 is 24.2 Å². The Morgan fingerprint density at radius 1 is 0.923 bits per heavy atom. The quantitative estimate of drug-likeness (QED) is 0.240. The highest BCUT2D eigenvalue weighted by Crippen LogP contribution is 2.30. The molecule has 1 unspecified atom stereocenters. The van der Waals surface area contributed by atoms with E-state index in [9.17, 15) is 19.5 Å². The zero-order chi connectivity index (χ0) is 28.2. The second-order valence-corrected chi connectivity index (χ2v) is 9.30. The van der Waals surface area contributed by atoms with Crippen molar-refractivity contribution >= 4 is 29.3 Å². The van der Waals surface area contributed by atoms with E-state index in [2.05, 4.69) is 20.9 Å². The molecular weight excluding hydrogens is 496 g/mol. The molecule has 0 saturated heterocycles. The lowest BCUT2D eigenvalue weighted by Crippen LogP contribution is -2.32. The lowest BCUT2D eigenvalue weighted by molar-refractivity contribution is -0.137. The predicted octanol–water partition coefficient (Wildman–Crippen LogP) is 5.19. The molecule has 206 valence electrons. The minimum Gasteiger partial charge on any atom is -0.495 e. The normalized spacial score (nSPS) is 11.5. The van der Waals surface area contributed by atoms with E-state index in [0.717, 1.165) is 16.7 Å². The van der Waals surface area contributed by atoms with Gasteiger partial charge in [-0.25, -0.2) is 4.79 Å². The number of ether oxygens (including phenoxy) is 1. The van der Waals surface area contributed by atoms with Gasteiger partial charge in [0.25, 0.3) is 0 Å². The number of methoxy groups -OCH3 is 1. The number of hydrogen-bond donors (Lipinski definition) is 4. The Labute approximate surface area is 229 Å². The van der Waals surface area contributed by atoms with Crippen molar-refractivity contribution in [2.24, 2.45) is 0 Å². The lowest BCUT2D eigenvalue weighted by Gasteiger charge is -2.26. The van der Waals surface area contributed by atoms with Gasteiger partial charge in [-0.3, -0.25) is 14.5 Å². The van der Waals surface area contributed by atoms with Crippen molar-refractivity contribution in [1.82, 2.24) is 10.2 Å². The van der Waals surface area contributed by atoms with Gasteiger partial charge in [0.05, 0.1) is 25.3 Å². The average Bonchev–Trinajstić information content (AvgIpc) is 2.91. The van der Waals surface area contributed by atoms with E-state index < -0.39 is 12.0 Å². The van der Waals surface area contributed by atoms with E-state index in [1.807, 2.05) is 67.6 Å². The van der Waals surface area contributed by atoms with Gasteiger partial charge in [-0.2, -0.15) is 0 Å². The first kappa shape index (κ1) is 29.2. The van der Waals surface area contributed by atoms with Gasteiger partial charge in [0.2, 0.25) is 5.91 Å². The van der Waals surface area contributed by atoms with Crippen LogP contribution in [0.25, 0.3) is 0 Å². The van der Waals surface area contributed by atoms with Crippen molar-refractivity contribution in [2.45, 2.75) is 39.3 Å². The minimum absolute atomic E-state index is 0.0242. The summed E-state index contributed by atoms with van der Waals surface area (Å²) in [5.74, 6) is -0.584. The van der Waals surface area contributed by atoms with Crippen molar-refractivity contribution in [1.29, 1.82) is 0 Å². The topological polar surface area (TPSA) is 120 Å². The molecule has 0 aliphatic heterocycles. The van der Waals surface area contributed by atoms with Crippen LogP contribution in [0.2, 0.25) is 0 Å². The molecule has 3 aromatic rings. The summed E-state index contributed by atoms with van der Waals surface area (Å²) >= 11 is 0. The van der Waals surface area contributed by atoms with E-state index in [1.54, 1.807) is 12.1 Å². The maximum Gasteiger partial charge on any atom is 0.323 e. The number of carboxylic acid groups (broad SMARTS) is 1. The van der Waals surface area contributed by atoms with Crippen LogP contribution >= 0.6 is 0 Å². The highest BCUT2D eigenvalue weighted by atomic mass is 16.5. The molecule has 0 heterocycles. The van der Waals surface area contributed by atoms with Crippen LogP contribution in [0.3, 0.4) is 0 Å². The third-order valence-corrected chi connectivity index (χ3v) is 6.27. The Balaban J connectivity index is 1.73. The number of amides is 3. The summed E-state index contributed by atoms with van der Waals surface area (Å²) < 4.78 is 5.55. The van der Waals surface area contributed by atoms with Gasteiger partial charge in [0.1, 0.15) is 5.75 Å². The molecule has 39 heavy (non-hydrogen) atoms. The van der Waals surface area contributed by atoms with E-state index in [1.165, 1.54) is 14.0 Å².